The van der Waals surface area contributed by atoms with E-state index in [1.807, 2.05) is 0 Å². The third-order valence-corrected chi connectivity index (χ3v) is 3.74. The molecule has 3 nitrogen and oxygen atoms in total. The zero-order valence-corrected chi connectivity index (χ0v) is 11.7. The van der Waals surface area contributed by atoms with E-state index in [1.54, 1.807) is 0 Å². The van der Waals surface area contributed by atoms with Crippen LogP contribution in [0.25, 0.3) is 0 Å². The smallest absolute Gasteiger partial charge is 0.0242 e. The molecule has 0 amide bonds. The van der Waals surface area contributed by atoms with E-state index >= 15 is 0 Å². The predicted molar refractivity (Wildman–Crippen MR) is 70.6 cm³/mol. The minimum absolute atomic E-state index is 0.308. The molecule has 1 aliphatic heterocycles. The third kappa shape index (κ3) is 3.44. The van der Waals surface area contributed by atoms with Crippen molar-refractivity contribution >= 4 is 0 Å². The van der Waals surface area contributed by atoms with Crippen molar-refractivity contribution in [2.75, 3.05) is 32.7 Å². The number of rotatable bonds is 3. The van der Waals surface area contributed by atoms with E-state index in [9.17, 15) is 0 Å². The lowest BCUT2D eigenvalue weighted by molar-refractivity contribution is 0.0334. The molecule has 1 atom stereocenters. The molecule has 0 spiro atoms. The van der Waals surface area contributed by atoms with E-state index in [0.29, 0.717) is 17.5 Å². The van der Waals surface area contributed by atoms with Crippen LogP contribution >= 0.6 is 0 Å². The van der Waals surface area contributed by atoms with Crippen LogP contribution < -0.4 is 5.73 Å². The molecule has 16 heavy (non-hydrogen) atoms. The SMILES string of the molecule is CC(C)C(CN)N1CCN(C(C)(C)C)CC1. The molecule has 2 N–H and O–H groups in total. The molecule has 0 aromatic carbocycles. The summed E-state index contributed by atoms with van der Waals surface area (Å²) < 4.78 is 0. The fourth-order valence-electron chi connectivity index (χ4n) is 2.57. The molecular weight excluding hydrogens is 198 g/mol. The lowest BCUT2D eigenvalue weighted by atomic mass is 10.00. The van der Waals surface area contributed by atoms with Gasteiger partial charge in [-0.05, 0) is 26.7 Å². The minimum atomic E-state index is 0.308. The summed E-state index contributed by atoms with van der Waals surface area (Å²) in [6.07, 6.45) is 0. The second-order valence-corrected chi connectivity index (χ2v) is 6.24. The van der Waals surface area contributed by atoms with Gasteiger partial charge in [-0.15, -0.1) is 0 Å². The molecule has 1 heterocycles. The molecule has 1 fully saturated rings. The molecule has 0 aliphatic carbocycles. The molecular formula is C13H29N3. The van der Waals surface area contributed by atoms with Crippen LogP contribution in [0.2, 0.25) is 0 Å². The Labute approximate surface area is 101 Å². The largest absolute Gasteiger partial charge is 0.329 e. The number of nitrogens with zero attached hydrogens (tertiary/aromatic N) is 2. The molecule has 0 aromatic heterocycles. The average Bonchev–Trinajstić information content (AvgIpc) is 2.17. The van der Waals surface area contributed by atoms with E-state index in [0.717, 1.165) is 19.6 Å². The van der Waals surface area contributed by atoms with Crippen LogP contribution in [0.5, 0.6) is 0 Å². The van der Waals surface area contributed by atoms with Crippen LogP contribution in [0, 0.1) is 5.92 Å². The van der Waals surface area contributed by atoms with E-state index in [2.05, 4.69) is 44.4 Å². The highest BCUT2D eigenvalue weighted by molar-refractivity contribution is 4.85. The summed E-state index contributed by atoms with van der Waals surface area (Å²) >= 11 is 0. The third-order valence-electron chi connectivity index (χ3n) is 3.74. The average molecular weight is 227 g/mol. The molecule has 1 aliphatic rings. The molecule has 0 aromatic rings. The van der Waals surface area contributed by atoms with Gasteiger partial charge in [0.05, 0.1) is 0 Å². The zero-order chi connectivity index (χ0) is 12.3. The topological polar surface area (TPSA) is 32.5 Å². The highest BCUT2D eigenvalue weighted by Crippen LogP contribution is 2.18. The van der Waals surface area contributed by atoms with Gasteiger partial charge in [0.2, 0.25) is 0 Å². The van der Waals surface area contributed by atoms with Crippen molar-refractivity contribution < 1.29 is 0 Å². The Balaban J connectivity index is 2.48. The van der Waals surface area contributed by atoms with Crippen molar-refractivity contribution in [3.05, 3.63) is 0 Å². The van der Waals surface area contributed by atoms with E-state index in [4.69, 9.17) is 5.73 Å². The number of nitrogens with two attached hydrogens (primary N) is 1. The van der Waals surface area contributed by atoms with Crippen LogP contribution in [0.15, 0.2) is 0 Å². The van der Waals surface area contributed by atoms with Crippen molar-refractivity contribution in [1.82, 2.24) is 9.80 Å². The van der Waals surface area contributed by atoms with E-state index in [-0.39, 0.29) is 0 Å². The van der Waals surface area contributed by atoms with Crippen LogP contribution in [0.1, 0.15) is 34.6 Å². The quantitative estimate of drug-likeness (QED) is 0.791. The van der Waals surface area contributed by atoms with Gasteiger partial charge in [-0.25, -0.2) is 0 Å². The first-order valence-corrected chi connectivity index (χ1v) is 6.55. The van der Waals surface area contributed by atoms with Gasteiger partial charge in [-0.1, -0.05) is 13.8 Å². The monoisotopic (exact) mass is 227 g/mol. The molecule has 0 radical (unpaired) electrons. The first-order chi connectivity index (χ1) is 7.36. The maximum atomic E-state index is 5.87. The highest BCUT2D eigenvalue weighted by atomic mass is 15.3. The Morgan fingerprint density at radius 1 is 1.06 bits per heavy atom. The summed E-state index contributed by atoms with van der Waals surface area (Å²) in [5.41, 5.74) is 6.18. The fraction of sp³-hybridized carbons (Fsp3) is 1.00. The van der Waals surface area contributed by atoms with Crippen molar-refractivity contribution in [2.24, 2.45) is 11.7 Å². The molecule has 96 valence electrons. The second-order valence-electron chi connectivity index (χ2n) is 6.24. The van der Waals surface area contributed by atoms with E-state index in [1.165, 1.54) is 13.1 Å². The normalized spacial score (nSPS) is 22.7. The number of piperazine rings is 1. The van der Waals surface area contributed by atoms with Crippen LogP contribution in [0.3, 0.4) is 0 Å². The summed E-state index contributed by atoms with van der Waals surface area (Å²) in [5, 5.41) is 0. The van der Waals surface area contributed by atoms with E-state index < -0.39 is 0 Å². The van der Waals surface area contributed by atoms with Gasteiger partial charge in [-0.2, -0.15) is 0 Å². The Morgan fingerprint density at radius 2 is 1.56 bits per heavy atom. The van der Waals surface area contributed by atoms with Gasteiger partial charge in [-0.3, -0.25) is 9.80 Å². The summed E-state index contributed by atoms with van der Waals surface area (Å²) in [4.78, 5) is 5.13. The lowest BCUT2D eigenvalue weighted by Gasteiger charge is -2.45. The van der Waals surface area contributed by atoms with Crippen molar-refractivity contribution in [2.45, 2.75) is 46.2 Å². The van der Waals surface area contributed by atoms with Crippen molar-refractivity contribution in [3.8, 4) is 0 Å². The van der Waals surface area contributed by atoms with Gasteiger partial charge < -0.3 is 5.73 Å². The Morgan fingerprint density at radius 3 is 1.88 bits per heavy atom. The zero-order valence-electron chi connectivity index (χ0n) is 11.7. The molecule has 1 saturated heterocycles. The Kier molecular flexibility index (Phi) is 4.77. The molecule has 0 bridgehead atoms. The lowest BCUT2D eigenvalue weighted by Crippen LogP contribution is -2.57. The molecule has 1 unspecified atom stereocenters. The minimum Gasteiger partial charge on any atom is -0.329 e. The fourth-order valence-corrected chi connectivity index (χ4v) is 2.57. The highest BCUT2D eigenvalue weighted by Gasteiger charge is 2.29. The Hall–Kier alpha value is -0.120. The van der Waals surface area contributed by atoms with Gasteiger partial charge in [0, 0.05) is 44.3 Å². The molecule has 1 rings (SSSR count). The maximum absolute atomic E-state index is 5.87. The van der Waals surface area contributed by atoms with Crippen LogP contribution in [-0.4, -0.2) is 54.1 Å². The standard InChI is InChI=1S/C13H29N3/c1-11(2)12(10-14)15-6-8-16(9-7-15)13(3,4)5/h11-12H,6-10,14H2,1-5H3. The Bertz CT molecular complexity index is 200. The van der Waals surface area contributed by atoms with Crippen LogP contribution in [-0.2, 0) is 0 Å². The number of hydrogen-bond acceptors (Lipinski definition) is 3. The summed E-state index contributed by atoms with van der Waals surface area (Å²) in [6.45, 7) is 16.9. The predicted octanol–water partition coefficient (Wildman–Crippen LogP) is 1.39. The molecule has 3 heteroatoms. The first-order valence-electron chi connectivity index (χ1n) is 6.55. The summed E-state index contributed by atoms with van der Waals surface area (Å²) in [7, 11) is 0. The van der Waals surface area contributed by atoms with Gasteiger partial charge in [0.15, 0.2) is 0 Å². The maximum Gasteiger partial charge on any atom is 0.0242 e. The first kappa shape index (κ1) is 13.9. The van der Waals surface area contributed by atoms with Gasteiger partial charge >= 0.3 is 0 Å². The number of hydrogen-bond donors (Lipinski definition) is 1. The van der Waals surface area contributed by atoms with Crippen LogP contribution in [0.4, 0.5) is 0 Å². The van der Waals surface area contributed by atoms with Gasteiger partial charge in [0.1, 0.15) is 0 Å². The summed E-state index contributed by atoms with van der Waals surface area (Å²) in [5.74, 6) is 0.659. The van der Waals surface area contributed by atoms with Crippen molar-refractivity contribution in [3.63, 3.8) is 0 Å². The summed E-state index contributed by atoms with van der Waals surface area (Å²) in [6, 6.07) is 0.558. The van der Waals surface area contributed by atoms with Gasteiger partial charge in [0.25, 0.3) is 0 Å². The van der Waals surface area contributed by atoms with Crippen molar-refractivity contribution in [1.29, 1.82) is 0 Å². The second kappa shape index (κ2) is 5.48. The molecule has 0 saturated carbocycles.